The summed E-state index contributed by atoms with van der Waals surface area (Å²) in [6.45, 7) is 0.613. The molecule has 2 aromatic rings. The number of imidazole rings is 1. The molecule has 16 heavy (non-hydrogen) atoms. The highest BCUT2D eigenvalue weighted by molar-refractivity contribution is 6.34. The van der Waals surface area contributed by atoms with Crippen molar-refractivity contribution in [2.75, 3.05) is 0 Å². The molecule has 0 aliphatic heterocycles. The second kappa shape index (κ2) is 5.09. The van der Waals surface area contributed by atoms with Crippen LogP contribution < -0.4 is 0 Å². The van der Waals surface area contributed by atoms with E-state index in [0.29, 0.717) is 16.6 Å². The fourth-order valence-corrected chi connectivity index (χ4v) is 2.26. The van der Waals surface area contributed by atoms with Gasteiger partial charge in [-0.05, 0) is 23.8 Å². The Morgan fingerprint density at radius 2 is 2.12 bits per heavy atom. The van der Waals surface area contributed by atoms with Crippen LogP contribution in [0.2, 0.25) is 10.0 Å². The molecular weight excluding hydrogens is 266 g/mol. The van der Waals surface area contributed by atoms with Crippen LogP contribution in [0.15, 0.2) is 36.9 Å². The van der Waals surface area contributed by atoms with Crippen molar-refractivity contribution >= 4 is 34.8 Å². The van der Waals surface area contributed by atoms with Gasteiger partial charge in [0, 0.05) is 29.0 Å². The quantitative estimate of drug-likeness (QED) is 0.769. The minimum atomic E-state index is -0.222. The Kier molecular flexibility index (Phi) is 3.74. The van der Waals surface area contributed by atoms with E-state index in [1.54, 1.807) is 30.7 Å². The molecule has 2 nitrogen and oxygen atoms in total. The highest BCUT2D eigenvalue weighted by Crippen LogP contribution is 2.31. The third-order valence-corrected chi connectivity index (χ3v) is 3.18. The number of rotatable bonds is 3. The Balaban J connectivity index is 2.20. The van der Waals surface area contributed by atoms with Gasteiger partial charge in [0.1, 0.15) is 0 Å². The SMILES string of the molecule is Clc1ccc(Cl)c([C@H](Cl)Cn2ccnc2)c1. The van der Waals surface area contributed by atoms with Gasteiger partial charge in [0.2, 0.25) is 0 Å². The number of hydrogen-bond acceptors (Lipinski definition) is 1. The molecule has 84 valence electrons. The Morgan fingerprint density at radius 3 is 2.81 bits per heavy atom. The van der Waals surface area contributed by atoms with Crippen LogP contribution >= 0.6 is 34.8 Å². The predicted octanol–water partition coefficient (Wildman–Crippen LogP) is 4.17. The average Bonchev–Trinajstić information content (AvgIpc) is 2.74. The summed E-state index contributed by atoms with van der Waals surface area (Å²) >= 11 is 18.3. The van der Waals surface area contributed by atoms with E-state index in [9.17, 15) is 0 Å². The fraction of sp³-hybridized carbons (Fsp3) is 0.182. The maximum absolute atomic E-state index is 6.28. The normalized spacial score (nSPS) is 12.7. The van der Waals surface area contributed by atoms with Crippen LogP contribution in [0.3, 0.4) is 0 Å². The summed E-state index contributed by atoms with van der Waals surface area (Å²) in [6.07, 6.45) is 5.28. The van der Waals surface area contributed by atoms with Crippen LogP contribution in [0.5, 0.6) is 0 Å². The number of benzene rings is 1. The van der Waals surface area contributed by atoms with Gasteiger partial charge in [-0.2, -0.15) is 0 Å². The van der Waals surface area contributed by atoms with Crippen molar-refractivity contribution in [2.24, 2.45) is 0 Å². The van der Waals surface area contributed by atoms with Crippen molar-refractivity contribution in [1.82, 2.24) is 9.55 Å². The Bertz CT molecular complexity index is 468. The Labute approximate surface area is 109 Å². The molecule has 0 bridgehead atoms. The van der Waals surface area contributed by atoms with Crippen molar-refractivity contribution in [2.45, 2.75) is 11.9 Å². The molecule has 5 heteroatoms. The first-order chi connectivity index (χ1) is 7.66. The zero-order chi connectivity index (χ0) is 11.5. The van der Waals surface area contributed by atoms with Crippen LogP contribution in [-0.4, -0.2) is 9.55 Å². The molecule has 0 radical (unpaired) electrons. The van der Waals surface area contributed by atoms with Gasteiger partial charge >= 0.3 is 0 Å². The Morgan fingerprint density at radius 1 is 1.31 bits per heavy atom. The predicted molar refractivity (Wildman–Crippen MR) is 67.3 cm³/mol. The number of halogens is 3. The molecule has 0 saturated heterocycles. The summed E-state index contributed by atoms with van der Waals surface area (Å²) < 4.78 is 1.90. The largest absolute Gasteiger partial charge is 0.336 e. The molecule has 2 rings (SSSR count). The molecular formula is C11H9Cl3N2. The molecule has 1 heterocycles. The zero-order valence-corrected chi connectivity index (χ0v) is 10.5. The topological polar surface area (TPSA) is 17.8 Å². The molecule has 0 spiro atoms. The van der Waals surface area contributed by atoms with Crippen LogP contribution in [0.4, 0.5) is 0 Å². The second-order valence-corrected chi connectivity index (χ2v) is 4.76. The summed E-state index contributed by atoms with van der Waals surface area (Å²) in [4.78, 5) is 3.95. The van der Waals surface area contributed by atoms with E-state index in [-0.39, 0.29) is 5.38 Å². The van der Waals surface area contributed by atoms with E-state index in [0.717, 1.165) is 5.56 Å². The fourth-order valence-electron chi connectivity index (χ4n) is 1.43. The summed E-state index contributed by atoms with van der Waals surface area (Å²) in [5, 5.41) is 1.04. The second-order valence-electron chi connectivity index (χ2n) is 3.39. The van der Waals surface area contributed by atoms with Gasteiger partial charge in [-0.1, -0.05) is 23.2 Å². The van der Waals surface area contributed by atoms with Crippen molar-refractivity contribution in [3.8, 4) is 0 Å². The third-order valence-electron chi connectivity index (χ3n) is 2.23. The van der Waals surface area contributed by atoms with Gasteiger partial charge in [-0.25, -0.2) is 4.98 Å². The van der Waals surface area contributed by atoms with Crippen molar-refractivity contribution in [3.63, 3.8) is 0 Å². The average molecular weight is 276 g/mol. The van der Waals surface area contributed by atoms with E-state index in [2.05, 4.69) is 4.98 Å². The minimum Gasteiger partial charge on any atom is -0.336 e. The standard InChI is InChI=1S/C11H9Cl3N2/c12-8-1-2-10(13)9(5-8)11(14)6-16-4-3-15-7-16/h1-5,7,11H,6H2/t11-/m1/s1. The Hall–Kier alpha value is -0.700. The van der Waals surface area contributed by atoms with Crippen molar-refractivity contribution in [1.29, 1.82) is 0 Å². The number of hydrogen-bond donors (Lipinski definition) is 0. The summed E-state index contributed by atoms with van der Waals surface area (Å²) in [6, 6.07) is 5.29. The van der Waals surface area contributed by atoms with E-state index in [1.807, 2.05) is 10.8 Å². The molecule has 0 fully saturated rings. The van der Waals surface area contributed by atoms with Crippen LogP contribution in [0, 0.1) is 0 Å². The van der Waals surface area contributed by atoms with Crippen LogP contribution in [-0.2, 0) is 6.54 Å². The van der Waals surface area contributed by atoms with Crippen molar-refractivity contribution < 1.29 is 0 Å². The van der Waals surface area contributed by atoms with E-state index in [1.165, 1.54) is 0 Å². The number of nitrogens with zero attached hydrogens (tertiary/aromatic N) is 2. The van der Waals surface area contributed by atoms with Gasteiger partial charge in [0.15, 0.2) is 0 Å². The van der Waals surface area contributed by atoms with Crippen molar-refractivity contribution in [3.05, 3.63) is 52.5 Å². The summed E-state index contributed by atoms with van der Waals surface area (Å²) in [5.41, 5.74) is 0.838. The maximum atomic E-state index is 6.28. The first-order valence-corrected chi connectivity index (χ1v) is 5.91. The van der Waals surface area contributed by atoms with E-state index < -0.39 is 0 Å². The van der Waals surface area contributed by atoms with E-state index in [4.69, 9.17) is 34.8 Å². The molecule has 0 saturated carbocycles. The number of aromatic nitrogens is 2. The molecule has 0 aliphatic carbocycles. The smallest absolute Gasteiger partial charge is 0.0946 e. The molecule has 1 aromatic carbocycles. The molecule has 0 amide bonds. The molecule has 0 N–H and O–H groups in total. The minimum absolute atomic E-state index is 0.222. The van der Waals surface area contributed by atoms with Gasteiger partial charge in [0.05, 0.1) is 11.7 Å². The number of alkyl halides is 1. The first kappa shape index (κ1) is 11.8. The summed E-state index contributed by atoms with van der Waals surface area (Å²) in [5.74, 6) is 0. The lowest BCUT2D eigenvalue weighted by atomic mass is 10.1. The lowest BCUT2D eigenvalue weighted by Crippen LogP contribution is -2.02. The molecule has 0 aliphatic rings. The van der Waals surface area contributed by atoms with Gasteiger partial charge in [-0.3, -0.25) is 0 Å². The van der Waals surface area contributed by atoms with Gasteiger partial charge in [-0.15, -0.1) is 11.6 Å². The highest BCUT2D eigenvalue weighted by atomic mass is 35.5. The van der Waals surface area contributed by atoms with Gasteiger partial charge in [0.25, 0.3) is 0 Å². The lowest BCUT2D eigenvalue weighted by molar-refractivity contribution is 0.677. The zero-order valence-electron chi connectivity index (χ0n) is 8.28. The van der Waals surface area contributed by atoms with Crippen LogP contribution in [0.1, 0.15) is 10.9 Å². The summed E-state index contributed by atoms with van der Waals surface area (Å²) in [7, 11) is 0. The molecule has 0 unspecified atom stereocenters. The first-order valence-electron chi connectivity index (χ1n) is 4.71. The lowest BCUT2D eigenvalue weighted by Gasteiger charge is -2.12. The molecule has 1 aromatic heterocycles. The molecule has 1 atom stereocenters. The van der Waals surface area contributed by atoms with E-state index >= 15 is 0 Å². The highest BCUT2D eigenvalue weighted by Gasteiger charge is 2.12. The maximum Gasteiger partial charge on any atom is 0.0946 e. The van der Waals surface area contributed by atoms with Crippen LogP contribution in [0.25, 0.3) is 0 Å². The van der Waals surface area contributed by atoms with Gasteiger partial charge < -0.3 is 4.57 Å². The monoisotopic (exact) mass is 274 g/mol. The third kappa shape index (κ3) is 2.70.